The van der Waals surface area contributed by atoms with Gasteiger partial charge in [-0.15, -0.1) is 0 Å². The first-order chi connectivity index (χ1) is 11.2. The molecule has 0 fully saturated rings. The van der Waals surface area contributed by atoms with Gasteiger partial charge >= 0.3 is 5.97 Å². The fourth-order valence-electron chi connectivity index (χ4n) is 2.46. The average Bonchev–Trinajstić information content (AvgIpc) is 2.56. The number of carbonyl (C=O) groups is 1. The minimum atomic E-state index is -0.924. The number of hydrogen-bond donors (Lipinski definition) is 3. The molecule has 0 aromatic heterocycles. The molecule has 1 atom stereocenters. The fourth-order valence-corrected chi connectivity index (χ4v) is 2.46. The van der Waals surface area contributed by atoms with Gasteiger partial charge in [-0.05, 0) is 24.1 Å². The number of carboxylic acid groups (broad SMARTS) is 1. The van der Waals surface area contributed by atoms with E-state index in [9.17, 15) is 9.90 Å². The van der Waals surface area contributed by atoms with Crippen LogP contribution >= 0.6 is 0 Å². The summed E-state index contributed by atoms with van der Waals surface area (Å²) in [6.07, 6.45) is 0.810. The van der Waals surface area contributed by atoms with Crippen LogP contribution in [0.25, 0.3) is 0 Å². The van der Waals surface area contributed by atoms with E-state index in [0.717, 1.165) is 5.56 Å². The lowest BCUT2D eigenvalue weighted by Gasteiger charge is -2.14. The van der Waals surface area contributed by atoms with Crippen LogP contribution in [0.15, 0.2) is 60.7 Å². The molecule has 120 valence electrons. The van der Waals surface area contributed by atoms with E-state index in [1.807, 2.05) is 60.7 Å². The Balaban J connectivity index is 1.81. The summed E-state index contributed by atoms with van der Waals surface area (Å²) in [7, 11) is 0. The van der Waals surface area contributed by atoms with Crippen molar-refractivity contribution in [3.8, 4) is 0 Å². The van der Waals surface area contributed by atoms with Crippen LogP contribution in [0.1, 0.15) is 17.5 Å². The lowest BCUT2D eigenvalue weighted by atomic mass is 9.94. The Kier molecular flexibility index (Phi) is 6.51. The Bertz CT molecular complexity index is 626. The molecule has 0 aliphatic rings. The highest BCUT2D eigenvalue weighted by Crippen LogP contribution is 2.11. The first-order valence-corrected chi connectivity index (χ1v) is 7.75. The molecule has 1 unspecified atom stereocenters. The highest BCUT2D eigenvalue weighted by atomic mass is 16.4. The highest BCUT2D eigenvalue weighted by molar-refractivity contribution is 6.00. The van der Waals surface area contributed by atoms with Gasteiger partial charge in [0.05, 0.1) is 5.92 Å². The molecule has 0 spiro atoms. The van der Waals surface area contributed by atoms with Crippen LogP contribution in [0.3, 0.4) is 0 Å². The second kappa shape index (κ2) is 8.86. The first kappa shape index (κ1) is 16.9. The summed E-state index contributed by atoms with van der Waals surface area (Å²) in [5.41, 5.74) is 2.39. The van der Waals surface area contributed by atoms with E-state index in [-0.39, 0.29) is 5.71 Å². The summed E-state index contributed by atoms with van der Waals surface area (Å²) in [4.78, 5) is 11.4. The first-order valence-electron chi connectivity index (χ1n) is 7.75. The minimum Gasteiger partial charge on any atom is -0.481 e. The van der Waals surface area contributed by atoms with E-state index in [2.05, 4.69) is 5.32 Å². The monoisotopic (exact) mass is 310 g/mol. The van der Waals surface area contributed by atoms with Crippen LogP contribution in [-0.4, -0.2) is 23.3 Å². The van der Waals surface area contributed by atoms with Crippen molar-refractivity contribution in [3.63, 3.8) is 0 Å². The van der Waals surface area contributed by atoms with Crippen molar-refractivity contribution >= 4 is 11.7 Å². The van der Waals surface area contributed by atoms with Crippen LogP contribution in [-0.2, 0) is 17.8 Å². The smallest absolute Gasteiger partial charge is 0.312 e. The zero-order valence-electron chi connectivity index (χ0n) is 13.0. The van der Waals surface area contributed by atoms with Gasteiger partial charge in [-0.25, -0.2) is 0 Å². The molecule has 4 nitrogen and oxygen atoms in total. The average molecular weight is 310 g/mol. The van der Waals surface area contributed by atoms with Gasteiger partial charge < -0.3 is 15.8 Å². The van der Waals surface area contributed by atoms with E-state index in [4.69, 9.17) is 5.41 Å². The number of aliphatic carboxylic acids is 1. The number of benzene rings is 2. The molecule has 2 rings (SSSR count). The molecule has 2 aromatic carbocycles. The Hall–Kier alpha value is -2.46. The van der Waals surface area contributed by atoms with Gasteiger partial charge in [-0.3, -0.25) is 4.79 Å². The standard InChI is InChI=1S/C19H22N2O2/c20-18(13-15-7-3-1-4-8-15)17(19(22)23)11-12-21-14-16-9-5-2-6-10-16/h1-10,17,20-21H,11-14H2,(H,22,23). The molecular formula is C19H22N2O2. The zero-order chi connectivity index (χ0) is 16.5. The Morgan fingerprint density at radius 1 is 1.00 bits per heavy atom. The summed E-state index contributed by atoms with van der Waals surface area (Å²) in [6, 6.07) is 19.5. The third-order valence-electron chi connectivity index (χ3n) is 3.74. The second-order valence-corrected chi connectivity index (χ2v) is 5.53. The summed E-state index contributed by atoms with van der Waals surface area (Å²) < 4.78 is 0. The van der Waals surface area contributed by atoms with Crippen LogP contribution in [0.4, 0.5) is 0 Å². The lowest BCUT2D eigenvalue weighted by molar-refractivity contribution is -0.139. The fraction of sp³-hybridized carbons (Fsp3) is 0.263. The van der Waals surface area contributed by atoms with E-state index in [0.29, 0.717) is 25.9 Å². The normalized spacial score (nSPS) is 11.8. The Labute approximate surface area is 136 Å². The zero-order valence-corrected chi connectivity index (χ0v) is 13.0. The molecule has 23 heavy (non-hydrogen) atoms. The summed E-state index contributed by atoms with van der Waals surface area (Å²) in [5, 5.41) is 20.7. The third-order valence-corrected chi connectivity index (χ3v) is 3.74. The molecule has 0 saturated carbocycles. The molecule has 0 heterocycles. The van der Waals surface area contributed by atoms with Crippen molar-refractivity contribution in [2.75, 3.05) is 6.54 Å². The maximum Gasteiger partial charge on any atom is 0.312 e. The van der Waals surface area contributed by atoms with Crippen molar-refractivity contribution in [3.05, 3.63) is 71.8 Å². The number of hydrogen-bond acceptors (Lipinski definition) is 3. The predicted molar refractivity (Wildman–Crippen MR) is 91.8 cm³/mol. The second-order valence-electron chi connectivity index (χ2n) is 5.53. The van der Waals surface area contributed by atoms with Crippen molar-refractivity contribution in [1.29, 1.82) is 5.41 Å². The molecule has 4 heteroatoms. The predicted octanol–water partition coefficient (Wildman–Crippen LogP) is 3.13. The molecule has 2 aromatic rings. The van der Waals surface area contributed by atoms with Crippen molar-refractivity contribution in [1.82, 2.24) is 5.32 Å². The van der Waals surface area contributed by atoms with Crippen LogP contribution in [0.5, 0.6) is 0 Å². The Morgan fingerprint density at radius 3 is 2.13 bits per heavy atom. The number of carboxylic acids is 1. The van der Waals surface area contributed by atoms with Crippen molar-refractivity contribution in [2.24, 2.45) is 5.92 Å². The molecule has 3 N–H and O–H groups in total. The van der Waals surface area contributed by atoms with Gasteiger partial charge in [-0.2, -0.15) is 0 Å². The SMILES string of the molecule is N=C(Cc1ccccc1)C(CCNCc1ccccc1)C(=O)O. The maximum absolute atomic E-state index is 11.4. The molecular weight excluding hydrogens is 288 g/mol. The highest BCUT2D eigenvalue weighted by Gasteiger charge is 2.22. The quantitative estimate of drug-likeness (QED) is 0.492. The van der Waals surface area contributed by atoms with Gasteiger partial charge in [0, 0.05) is 18.7 Å². The molecule has 0 saturated heterocycles. The van der Waals surface area contributed by atoms with Gasteiger partial charge in [-0.1, -0.05) is 60.7 Å². The number of nitrogens with one attached hydrogen (secondary N) is 2. The van der Waals surface area contributed by atoms with Gasteiger partial charge in [0.15, 0.2) is 0 Å². The molecule has 0 amide bonds. The van der Waals surface area contributed by atoms with E-state index in [1.54, 1.807) is 0 Å². The summed E-state index contributed by atoms with van der Waals surface area (Å²) in [5.74, 6) is -1.66. The third kappa shape index (κ3) is 5.68. The van der Waals surface area contributed by atoms with Crippen molar-refractivity contribution < 1.29 is 9.90 Å². The van der Waals surface area contributed by atoms with Gasteiger partial charge in [0.25, 0.3) is 0 Å². The van der Waals surface area contributed by atoms with Crippen LogP contribution in [0.2, 0.25) is 0 Å². The van der Waals surface area contributed by atoms with Gasteiger partial charge in [0.2, 0.25) is 0 Å². The Morgan fingerprint density at radius 2 is 1.57 bits per heavy atom. The molecule has 0 radical (unpaired) electrons. The van der Waals surface area contributed by atoms with Crippen LogP contribution in [0, 0.1) is 11.3 Å². The van der Waals surface area contributed by atoms with Gasteiger partial charge in [0.1, 0.15) is 0 Å². The summed E-state index contributed by atoms with van der Waals surface area (Å²) in [6.45, 7) is 1.28. The maximum atomic E-state index is 11.4. The van der Waals surface area contributed by atoms with Crippen LogP contribution < -0.4 is 5.32 Å². The topological polar surface area (TPSA) is 73.2 Å². The molecule has 0 aliphatic carbocycles. The molecule has 0 bridgehead atoms. The largest absolute Gasteiger partial charge is 0.481 e. The summed E-state index contributed by atoms with van der Waals surface area (Å²) >= 11 is 0. The minimum absolute atomic E-state index is 0.255. The van der Waals surface area contributed by atoms with Crippen molar-refractivity contribution in [2.45, 2.75) is 19.4 Å². The van der Waals surface area contributed by atoms with E-state index >= 15 is 0 Å². The lowest BCUT2D eigenvalue weighted by Crippen LogP contribution is -2.29. The molecule has 0 aliphatic heterocycles. The van der Waals surface area contributed by atoms with E-state index < -0.39 is 11.9 Å². The number of rotatable bonds is 9. The van der Waals surface area contributed by atoms with E-state index in [1.165, 1.54) is 5.56 Å².